The van der Waals surface area contributed by atoms with Gasteiger partial charge in [-0.3, -0.25) is 10.1 Å². The van der Waals surface area contributed by atoms with Crippen molar-refractivity contribution < 1.29 is 18.7 Å². The van der Waals surface area contributed by atoms with Crippen LogP contribution in [0.2, 0.25) is 0 Å². The Morgan fingerprint density at radius 1 is 1.19 bits per heavy atom. The molecule has 1 heterocycles. The average molecular weight is 304 g/mol. The highest BCUT2D eigenvalue weighted by Gasteiger charge is 2.17. The summed E-state index contributed by atoms with van der Waals surface area (Å²) in [4.78, 5) is 23.3. The number of furan rings is 1. The molecular formula is C14H12N2O4S. The van der Waals surface area contributed by atoms with E-state index in [-0.39, 0.29) is 16.8 Å². The summed E-state index contributed by atoms with van der Waals surface area (Å²) in [7, 11) is 1.24. The van der Waals surface area contributed by atoms with Crippen molar-refractivity contribution in [3.05, 3.63) is 54.0 Å². The number of carbonyl (C=O) groups is 2. The Morgan fingerprint density at radius 3 is 2.57 bits per heavy atom. The highest BCUT2D eigenvalue weighted by atomic mass is 32.1. The molecule has 1 aromatic carbocycles. The third kappa shape index (κ3) is 3.67. The van der Waals surface area contributed by atoms with E-state index in [1.165, 1.54) is 19.4 Å². The maximum absolute atomic E-state index is 11.9. The standard InChI is InChI=1S/C14H12N2O4S/c1-19-13(18)11-10(7-8-20-11)15-14(21)16-12(17)9-5-3-2-4-6-9/h2-8H,1H3,(H2,15,16,17,21). The Morgan fingerprint density at radius 2 is 1.90 bits per heavy atom. The predicted molar refractivity (Wildman–Crippen MR) is 80.2 cm³/mol. The molecule has 0 saturated carbocycles. The number of hydrogen-bond donors (Lipinski definition) is 2. The fraction of sp³-hybridized carbons (Fsp3) is 0.0714. The number of anilines is 1. The summed E-state index contributed by atoms with van der Waals surface area (Å²) in [6.07, 6.45) is 1.32. The first-order valence-electron chi connectivity index (χ1n) is 5.95. The molecule has 7 heteroatoms. The van der Waals surface area contributed by atoms with Gasteiger partial charge in [-0.1, -0.05) is 18.2 Å². The Hall–Kier alpha value is -2.67. The van der Waals surface area contributed by atoms with Crippen molar-refractivity contribution in [3.63, 3.8) is 0 Å². The van der Waals surface area contributed by atoms with Crippen molar-refractivity contribution >= 4 is 34.9 Å². The second-order valence-corrected chi connectivity index (χ2v) is 4.34. The van der Waals surface area contributed by atoms with Gasteiger partial charge < -0.3 is 14.5 Å². The molecule has 0 aliphatic heterocycles. The van der Waals surface area contributed by atoms with Crippen molar-refractivity contribution in [2.75, 3.05) is 12.4 Å². The fourth-order valence-corrected chi connectivity index (χ4v) is 1.78. The molecule has 2 rings (SSSR count). The van der Waals surface area contributed by atoms with Crippen LogP contribution in [0.4, 0.5) is 5.69 Å². The van der Waals surface area contributed by atoms with E-state index < -0.39 is 5.97 Å². The summed E-state index contributed by atoms with van der Waals surface area (Å²) in [6, 6.07) is 10.1. The molecule has 0 saturated heterocycles. The number of nitrogens with one attached hydrogen (secondary N) is 2. The molecule has 6 nitrogen and oxygen atoms in total. The van der Waals surface area contributed by atoms with Gasteiger partial charge in [0.05, 0.1) is 19.1 Å². The molecule has 0 aliphatic rings. The lowest BCUT2D eigenvalue weighted by atomic mass is 10.2. The third-order valence-corrected chi connectivity index (χ3v) is 2.75. The topological polar surface area (TPSA) is 80.6 Å². The number of esters is 1. The number of thiocarbonyl (C=S) groups is 1. The number of rotatable bonds is 3. The monoisotopic (exact) mass is 304 g/mol. The van der Waals surface area contributed by atoms with Gasteiger partial charge in [0.2, 0.25) is 5.76 Å². The molecule has 0 radical (unpaired) electrons. The molecule has 108 valence electrons. The van der Waals surface area contributed by atoms with E-state index in [4.69, 9.17) is 16.6 Å². The minimum atomic E-state index is -0.639. The van der Waals surface area contributed by atoms with Crippen LogP contribution in [-0.2, 0) is 4.74 Å². The second kappa shape index (κ2) is 6.67. The van der Waals surface area contributed by atoms with Gasteiger partial charge in [0.15, 0.2) is 5.11 Å². The Kier molecular flexibility index (Phi) is 4.68. The maximum Gasteiger partial charge on any atom is 0.376 e. The summed E-state index contributed by atoms with van der Waals surface area (Å²) in [5.74, 6) is -1.01. The summed E-state index contributed by atoms with van der Waals surface area (Å²) >= 11 is 5.02. The van der Waals surface area contributed by atoms with Gasteiger partial charge in [-0.15, -0.1) is 0 Å². The molecule has 1 aromatic heterocycles. The van der Waals surface area contributed by atoms with Gasteiger partial charge in [-0.25, -0.2) is 4.79 Å². The highest BCUT2D eigenvalue weighted by Crippen LogP contribution is 2.17. The molecule has 2 aromatic rings. The number of ether oxygens (including phenoxy) is 1. The van der Waals surface area contributed by atoms with Crippen LogP contribution in [0.25, 0.3) is 0 Å². The predicted octanol–water partition coefficient (Wildman–Crippen LogP) is 2.19. The number of hydrogen-bond acceptors (Lipinski definition) is 5. The van der Waals surface area contributed by atoms with E-state index >= 15 is 0 Å². The van der Waals surface area contributed by atoms with Crippen molar-refractivity contribution in [2.45, 2.75) is 0 Å². The van der Waals surface area contributed by atoms with Crippen molar-refractivity contribution in [2.24, 2.45) is 0 Å². The zero-order chi connectivity index (χ0) is 15.2. The van der Waals surface area contributed by atoms with Crippen LogP contribution in [0, 0.1) is 0 Å². The van der Waals surface area contributed by atoms with Gasteiger partial charge in [0.25, 0.3) is 5.91 Å². The third-order valence-electron chi connectivity index (χ3n) is 2.55. The number of benzene rings is 1. The summed E-state index contributed by atoms with van der Waals surface area (Å²) < 4.78 is 9.56. The van der Waals surface area contributed by atoms with Crippen LogP contribution < -0.4 is 10.6 Å². The van der Waals surface area contributed by atoms with Crippen molar-refractivity contribution in [3.8, 4) is 0 Å². The Labute approximate surface area is 126 Å². The molecule has 0 aliphatic carbocycles. The minimum Gasteiger partial charge on any atom is -0.463 e. The lowest BCUT2D eigenvalue weighted by Gasteiger charge is -2.08. The van der Waals surface area contributed by atoms with Crippen LogP contribution in [0.1, 0.15) is 20.9 Å². The smallest absolute Gasteiger partial charge is 0.376 e. The zero-order valence-corrected chi connectivity index (χ0v) is 11.9. The van der Waals surface area contributed by atoms with Gasteiger partial charge in [0.1, 0.15) is 0 Å². The van der Waals surface area contributed by atoms with Crippen LogP contribution in [0.15, 0.2) is 47.1 Å². The molecular weight excluding hydrogens is 292 g/mol. The first-order chi connectivity index (χ1) is 10.1. The molecule has 0 spiro atoms. The van der Waals surface area contributed by atoms with Gasteiger partial charge >= 0.3 is 5.97 Å². The molecule has 0 atom stereocenters. The number of carbonyl (C=O) groups excluding carboxylic acids is 2. The van der Waals surface area contributed by atoms with E-state index in [1.54, 1.807) is 24.3 Å². The SMILES string of the molecule is COC(=O)c1occc1NC(=S)NC(=O)c1ccccc1. The molecule has 0 bridgehead atoms. The van der Waals surface area contributed by atoms with E-state index in [0.717, 1.165) is 0 Å². The van der Waals surface area contributed by atoms with Crippen LogP contribution in [0.5, 0.6) is 0 Å². The van der Waals surface area contributed by atoms with Crippen molar-refractivity contribution in [1.82, 2.24) is 5.32 Å². The van der Waals surface area contributed by atoms with Crippen molar-refractivity contribution in [1.29, 1.82) is 0 Å². The molecule has 2 N–H and O–H groups in total. The Bertz CT molecular complexity index is 667. The lowest BCUT2D eigenvalue weighted by molar-refractivity contribution is 0.0566. The maximum atomic E-state index is 11.9. The summed E-state index contributed by atoms with van der Waals surface area (Å²) in [5.41, 5.74) is 0.794. The van der Waals surface area contributed by atoms with E-state index in [2.05, 4.69) is 15.4 Å². The fourth-order valence-electron chi connectivity index (χ4n) is 1.58. The minimum absolute atomic E-state index is 0.0196. The largest absolute Gasteiger partial charge is 0.463 e. The summed E-state index contributed by atoms with van der Waals surface area (Å²) in [5, 5.41) is 5.27. The first-order valence-corrected chi connectivity index (χ1v) is 6.36. The highest BCUT2D eigenvalue weighted by molar-refractivity contribution is 7.80. The van der Waals surface area contributed by atoms with Gasteiger partial charge in [-0.05, 0) is 24.4 Å². The molecule has 0 fully saturated rings. The summed E-state index contributed by atoms with van der Waals surface area (Å²) in [6.45, 7) is 0. The first kappa shape index (κ1) is 14.7. The second-order valence-electron chi connectivity index (χ2n) is 3.93. The normalized spacial score (nSPS) is 9.76. The average Bonchev–Trinajstić information content (AvgIpc) is 2.95. The van der Waals surface area contributed by atoms with Crippen LogP contribution in [-0.4, -0.2) is 24.1 Å². The zero-order valence-electron chi connectivity index (χ0n) is 11.1. The van der Waals surface area contributed by atoms with Crippen LogP contribution in [0.3, 0.4) is 0 Å². The van der Waals surface area contributed by atoms with Gasteiger partial charge in [-0.2, -0.15) is 0 Å². The number of methoxy groups -OCH3 is 1. The van der Waals surface area contributed by atoms with Crippen LogP contribution >= 0.6 is 12.2 Å². The van der Waals surface area contributed by atoms with E-state index in [0.29, 0.717) is 11.3 Å². The Balaban J connectivity index is 2.01. The van der Waals surface area contributed by atoms with E-state index in [9.17, 15) is 9.59 Å². The molecule has 1 amide bonds. The lowest BCUT2D eigenvalue weighted by Crippen LogP contribution is -2.34. The van der Waals surface area contributed by atoms with Gasteiger partial charge in [0, 0.05) is 11.6 Å². The number of amides is 1. The van der Waals surface area contributed by atoms with E-state index in [1.807, 2.05) is 6.07 Å². The molecule has 0 unspecified atom stereocenters. The quantitative estimate of drug-likeness (QED) is 0.668. The molecule has 21 heavy (non-hydrogen) atoms.